The van der Waals surface area contributed by atoms with Gasteiger partial charge in [0.2, 0.25) is 5.91 Å². The second-order valence-corrected chi connectivity index (χ2v) is 7.66. The number of thiophene rings is 1. The smallest absolute Gasteiger partial charge is 0.410 e. The SMILES string of the molecule is CN(C(=O)OC(C)(C)C)[C@H]1CCN(C(=O)Cc2cccs2)C1. The quantitative estimate of drug-likeness (QED) is 0.859. The van der Waals surface area contributed by atoms with Crippen molar-refractivity contribution in [1.82, 2.24) is 9.80 Å². The topological polar surface area (TPSA) is 49.9 Å². The number of carbonyl (C=O) groups excluding carboxylic acids is 2. The Balaban J connectivity index is 1.86. The maximum Gasteiger partial charge on any atom is 0.410 e. The fourth-order valence-electron chi connectivity index (χ4n) is 2.44. The fourth-order valence-corrected chi connectivity index (χ4v) is 3.14. The number of likely N-dealkylation sites (tertiary alicyclic amines) is 1. The zero-order chi connectivity index (χ0) is 16.3. The molecule has 0 unspecified atom stereocenters. The van der Waals surface area contributed by atoms with E-state index < -0.39 is 5.60 Å². The largest absolute Gasteiger partial charge is 0.444 e. The third-order valence-corrected chi connectivity index (χ3v) is 4.53. The van der Waals surface area contributed by atoms with Crippen LogP contribution >= 0.6 is 11.3 Å². The van der Waals surface area contributed by atoms with Gasteiger partial charge in [0.25, 0.3) is 0 Å². The number of hydrogen-bond donors (Lipinski definition) is 0. The minimum atomic E-state index is -0.501. The van der Waals surface area contributed by atoms with Crippen LogP contribution in [-0.4, -0.2) is 53.6 Å². The summed E-state index contributed by atoms with van der Waals surface area (Å²) < 4.78 is 5.38. The first-order chi connectivity index (χ1) is 10.3. The Hall–Kier alpha value is -1.56. The van der Waals surface area contributed by atoms with Crippen LogP contribution in [0.4, 0.5) is 4.79 Å². The van der Waals surface area contributed by atoms with Crippen LogP contribution in [0.25, 0.3) is 0 Å². The lowest BCUT2D eigenvalue weighted by molar-refractivity contribution is -0.129. The van der Waals surface area contributed by atoms with Gasteiger partial charge in [-0.25, -0.2) is 4.79 Å². The van der Waals surface area contributed by atoms with Crippen molar-refractivity contribution in [3.05, 3.63) is 22.4 Å². The average molecular weight is 324 g/mol. The lowest BCUT2D eigenvalue weighted by Crippen LogP contribution is -2.42. The van der Waals surface area contributed by atoms with Crippen molar-refractivity contribution in [3.63, 3.8) is 0 Å². The lowest BCUT2D eigenvalue weighted by Gasteiger charge is -2.28. The van der Waals surface area contributed by atoms with Crippen molar-refractivity contribution in [2.75, 3.05) is 20.1 Å². The van der Waals surface area contributed by atoms with Gasteiger partial charge in [-0.15, -0.1) is 11.3 Å². The Kier molecular flexibility index (Phi) is 5.11. The van der Waals surface area contributed by atoms with Crippen LogP contribution in [0.1, 0.15) is 32.1 Å². The standard InChI is InChI=1S/C16H24N2O3S/c1-16(2,3)21-15(20)17(4)12-7-8-18(11-12)14(19)10-13-6-5-9-22-13/h5-6,9,12H,7-8,10-11H2,1-4H3/t12-/m0/s1. The first-order valence-electron chi connectivity index (χ1n) is 7.52. The first-order valence-corrected chi connectivity index (χ1v) is 8.40. The zero-order valence-corrected chi connectivity index (χ0v) is 14.5. The monoisotopic (exact) mass is 324 g/mol. The number of likely N-dealkylation sites (N-methyl/N-ethyl adjacent to an activating group) is 1. The molecule has 22 heavy (non-hydrogen) atoms. The Morgan fingerprint density at radius 1 is 1.45 bits per heavy atom. The molecule has 0 aliphatic carbocycles. The van der Waals surface area contributed by atoms with Crippen LogP contribution in [-0.2, 0) is 16.0 Å². The molecule has 1 aromatic heterocycles. The van der Waals surface area contributed by atoms with Gasteiger partial charge in [-0.2, -0.15) is 0 Å². The van der Waals surface area contributed by atoms with E-state index in [1.165, 1.54) is 0 Å². The molecule has 0 saturated carbocycles. The molecule has 5 nitrogen and oxygen atoms in total. The Labute approximate surface area is 135 Å². The Bertz CT molecular complexity index is 522. The normalized spacial score (nSPS) is 18.4. The molecule has 0 N–H and O–H groups in total. The molecule has 1 aromatic rings. The van der Waals surface area contributed by atoms with Gasteiger partial charge in [-0.3, -0.25) is 4.79 Å². The van der Waals surface area contributed by atoms with Crippen molar-refractivity contribution >= 4 is 23.3 Å². The van der Waals surface area contributed by atoms with Crippen LogP contribution in [0.5, 0.6) is 0 Å². The van der Waals surface area contributed by atoms with Gasteiger partial charge < -0.3 is 14.5 Å². The molecule has 2 rings (SSSR count). The van der Waals surface area contributed by atoms with Crippen molar-refractivity contribution in [2.24, 2.45) is 0 Å². The molecule has 1 aliphatic heterocycles. The van der Waals surface area contributed by atoms with E-state index in [-0.39, 0.29) is 18.0 Å². The van der Waals surface area contributed by atoms with Crippen LogP contribution in [0.15, 0.2) is 17.5 Å². The molecule has 1 saturated heterocycles. The molecule has 0 spiro atoms. The zero-order valence-electron chi connectivity index (χ0n) is 13.7. The summed E-state index contributed by atoms with van der Waals surface area (Å²) in [5, 5.41) is 1.98. The van der Waals surface area contributed by atoms with Gasteiger partial charge in [0.1, 0.15) is 5.60 Å². The molecule has 0 radical (unpaired) electrons. The summed E-state index contributed by atoms with van der Waals surface area (Å²) in [4.78, 5) is 28.9. The number of hydrogen-bond acceptors (Lipinski definition) is 4. The second-order valence-electron chi connectivity index (χ2n) is 6.63. The first kappa shape index (κ1) is 16.8. The van der Waals surface area contributed by atoms with E-state index >= 15 is 0 Å². The van der Waals surface area contributed by atoms with Crippen molar-refractivity contribution in [1.29, 1.82) is 0 Å². The van der Waals surface area contributed by atoms with Crippen molar-refractivity contribution in [2.45, 2.75) is 45.3 Å². The van der Waals surface area contributed by atoms with Gasteiger partial charge in [0.05, 0.1) is 12.5 Å². The highest BCUT2D eigenvalue weighted by Gasteiger charge is 2.32. The summed E-state index contributed by atoms with van der Waals surface area (Å²) in [7, 11) is 1.74. The molecule has 122 valence electrons. The fraction of sp³-hybridized carbons (Fsp3) is 0.625. The van der Waals surface area contributed by atoms with E-state index in [4.69, 9.17) is 4.74 Å². The number of rotatable bonds is 3. The summed E-state index contributed by atoms with van der Waals surface area (Å²) in [6, 6.07) is 3.96. The molecule has 1 atom stereocenters. The van der Waals surface area contributed by atoms with Crippen LogP contribution in [0.3, 0.4) is 0 Å². The predicted octanol–water partition coefficient (Wildman–Crippen LogP) is 2.76. The van der Waals surface area contributed by atoms with E-state index in [1.807, 2.05) is 43.2 Å². The minimum absolute atomic E-state index is 0.0298. The maximum atomic E-state index is 12.3. The molecule has 1 aliphatic rings. The van der Waals surface area contributed by atoms with Gasteiger partial charge in [0, 0.05) is 25.0 Å². The van der Waals surface area contributed by atoms with Crippen molar-refractivity contribution < 1.29 is 14.3 Å². The molecule has 2 amide bonds. The summed E-state index contributed by atoms with van der Waals surface area (Å²) in [6.45, 7) is 6.83. The van der Waals surface area contributed by atoms with Gasteiger partial charge in [-0.1, -0.05) is 6.07 Å². The highest BCUT2D eigenvalue weighted by Crippen LogP contribution is 2.19. The number of carbonyl (C=O) groups is 2. The molecular formula is C16H24N2O3S. The highest BCUT2D eigenvalue weighted by atomic mass is 32.1. The number of ether oxygens (including phenoxy) is 1. The van der Waals surface area contributed by atoms with Gasteiger partial charge in [0.15, 0.2) is 0 Å². The maximum absolute atomic E-state index is 12.3. The van der Waals surface area contributed by atoms with Gasteiger partial charge in [-0.05, 0) is 38.6 Å². The summed E-state index contributed by atoms with van der Waals surface area (Å²) in [5.41, 5.74) is -0.501. The van der Waals surface area contributed by atoms with E-state index in [0.717, 1.165) is 11.3 Å². The van der Waals surface area contributed by atoms with Crippen molar-refractivity contribution in [3.8, 4) is 0 Å². The predicted molar refractivity (Wildman–Crippen MR) is 87.0 cm³/mol. The number of nitrogens with zero attached hydrogens (tertiary/aromatic N) is 2. The minimum Gasteiger partial charge on any atom is -0.444 e. The van der Waals surface area contributed by atoms with E-state index in [2.05, 4.69) is 0 Å². The molecule has 0 bridgehead atoms. The third-order valence-electron chi connectivity index (χ3n) is 3.65. The summed E-state index contributed by atoms with van der Waals surface area (Å²) >= 11 is 1.60. The molecule has 0 aromatic carbocycles. The average Bonchev–Trinajstić information content (AvgIpc) is 3.06. The van der Waals surface area contributed by atoms with Crippen LogP contribution in [0.2, 0.25) is 0 Å². The van der Waals surface area contributed by atoms with E-state index in [9.17, 15) is 9.59 Å². The van der Waals surface area contributed by atoms with Crippen LogP contribution in [0, 0.1) is 0 Å². The van der Waals surface area contributed by atoms with Gasteiger partial charge >= 0.3 is 6.09 Å². The molecule has 6 heteroatoms. The molecule has 2 heterocycles. The third kappa shape index (κ3) is 4.47. The second kappa shape index (κ2) is 6.69. The van der Waals surface area contributed by atoms with E-state index in [1.54, 1.807) is 23.3 Å². The highest BCUT2D eigenvalue weighted by molar-refractivity contribution is 7.10. The summed E-state index contributed by atoms with van der Waals surface area (Å²) in [5.74, 6) is 0.127. The summed E-state index contributed by atoms with van der Waals surface area (Å²) in [6.07, 6.45) is 0.914. The van der Waals surface area contributed by atoms with Crippen LogP contribution < -0.4 is 0 Å². The number of amides is 2. The molecule has 1 fully saturated rings. The lowest BCUT2D eigenvalue weighted by atomic mass is 10.2. The van der Waals surface area contributed by atoms with E-state index in [0.29, 0.717) is 19.5 Å². The molecular weight excluding hydrogens is 300 g/mol. The Morgan fingerprint density at radius 2 is 2.18 bits per heavy atom. The Morgan fingerprint density at radius 3 is 2.77 bits per heavy atom.